The summed E-state index contributed by atoms with van der Waals surface area (Å²) in [6, 6.07) is 10.1. The molecule has 0 unspecified atom stereocenters. The Hall–Kier alpha value is -3.35. The molecule has 2 aromatic heterocycles. The van der Waals surface area contributed by atoms with Crippen molar-refractivity contribution in [1.82, 2.24) is 14.8 Å². The van der Waals surface area contributed by atoms with E-state index in [4.69, 9.17) is 0 Å². The van der Waals surface area contributed by atoms with Gasteiger partial charge in [0, 0.05) is 24.5 Å². The van der Waals surface area contributed by atoms with Gasteiger partial charge in [0.2, 0.25) is 5.43 Å². The fourth-order valence-corrected chi connectivity index (χ4v) is 2.55. The lowest BCUT2D eigenvalue weighted by molar-refractivity contribution is 0.0972. The molecule has 0 saturated heterocycles. The number of benzene rings is 1. The summed E-state index contributed by atoms with van der Waals surface area (Å²) in [5, 5.41) is 4.17. The molecule has 7 heteroatoms. The van der Waals surface area contributed by atoms with Crippen LogP contribution < -0.4 is 10.3 Å². The van der Waals surface area contributed by atoms with Gasteiger partial charge >= 0.3 is 0 Å². The van der Waals surface area contributed by atoms with Crippen LogP contribution in [-0.4, -0.2) is 26.7 Å². The van der Waals surface area contributed by atoms with Crippen molar-refractivity contribution in [2.24, 2.45) is 0 Å². The monoisotopic (exact) mass is 352 g/mol. The standard InChI is InChI=1S/C19H17FN4O2/c1-13(2)24(16-4-3-10-21-12-16)19(26)18-17(25)9-11-23(22-18)15-7-5-14(20)6-8-15/h3-13H,1-2H3. The fraction of sp³-hybridized carbons (Fsp3) is 0.158. The molecule has 6 nitrogen and oxygen atoms in total. The van der Waals surface area contributed by atoms with E-state index in [1.54, 1.807) is 24.5 Å². The maximum absolute atomic E-state index is 13.1. The second-order valence-electron chi connectivity index (χ2n) is 5.93. The van der Waals surface area contributed by atoms with Gasteiger partial charge in [0.05, 0.1) is 17.6 Å². The topological polar surface area (TPSA) is 68.1 Å². The Morgan fingerprint density at radius 1 is 1.15 bits per heavy atom. The average Bonchev–Trinajstić information content (AvgIpc) is 2.63. The first-order valence-electron chi connectivity index (χ1n) is 8.07. The highest BCUT2D eigenvalue weighted by atomic mass is 19.1. The van der Waals surface area contributed by atoms with Crippen LogP contribution in [0.25, 0.3) is 5.69 Å². The van der Waals surface area contributed by atoms with Gasteiger partial charge in [0.1, 0.15) is 5.82 Å². The Labute approximate surface area is 149 Å². The molecule has 0 atom stereocenters. The minimum atomic E-state index is -0.519. The molecule has 1 amide bonds. The molecule has 0 aliphatic carbocycles. The molecule has 0 bridgehead atoms. The number of carbonyl (C=O) groups is 1. The second kappa shape index (κ2) is 7.26. The second-order valence-corrected chi connectivity index (χ2v) is 5.93. The van der Waals surface area contributed by atoms with Crippen molar-refractivity contribution in [2.75, 3.05) is 4.90 Å². The average molecular weight is 352 g/mol. The van der Waals surface area contributed by atoms with Gasteiger partial charge in [-0.2, -0.15) is 5.10 Å². The first-order chi connectivity index (χ1) is 12.5. The molecule has 0 radical (unpaired) electrons. The van der Waals surface area contributed by atoms with Crippen molar-refractivity contribution in [3.8, 4) is 5.69 Å². The van der Waals surface area contributed by atoms with Gasteiger partial charge in [-0.05, 0) is 50.2 Å². The van der Waals surface area contributed by atoms with Crippen molar-refractivity contribution in [2.45, 2.75) is 19.9 Å². The van der Waals surface area contributed by atoms with Crippen LogP contribution in [0.15, 0.2) is 65.8 Å². The summed E-state index contributed by atoms with van der Waals surface area (Å²) in [6.45, 7) is 3.68. The Morgan fingerprint density at radius 3 is 2.50 bits per heavy atom. The lowest BCUT2D eigenvalue weighted by Gasteiger charge is -2.26. The maximum atomic E-state index is 13.1. The third kappa shape index (κ3) is 3.51. The normalized spacial score (nSPS) is 10.8. The van der Waals surface area contributed by atoms with Gasteiger partial charge < -0.3 is 4.90 Å². The van der Waals surface area contributed by atoms with Crippen molar-refractivity contribution < 1.29 is 9.18 Å². The zero-order valence-corrected chi connectivity index (χ0v) is 14.3. The molecule has 0 saturated carbocycles. The van der Waals surface area contributed by atoms with Crippen molar-refractivity contribution in [1.29, 1.82) is 0 Å². The lowest BCUT2D eigenvalue weighted by Crippen LogP contribution is -2.40. The summed E-state index contributed by atoms with van der Waals surface area (Å²) < 4.78 is 14.5. The lowest BCUT2D eigenvalue weighted by atomic mass is 10.2. The van der Waals surface area contributed by atoms with E-state index in [1.807, 2.05) is 13.8 Å². The largest absolute Gasteiger partial charge is 0.303 e. The summed E-state index contributed by atoms with van der Waals surface area (Å²) >= 11 is 0. The Balaban J connectivity index is 2.04. The van der Waals surface area contributed by atoms with Gasteiger partial charge in [0.25, 0.3) is 5.91 Å². The van der Waals surface area contributed by atoms with Crippen LogP contribution in [0.1, 0.15) is 24.3 Å². The van der Waals surface area contributed by atoms with Gasteiger partial charge in [-0.1, -0.05) is 0 Å². The Morgan fingerprint density at radius 2 is 1.88 bits per heavy atom. The van der Waals surface area contributed by atoms with Crippen molar-refractivity contribution in [3.63, 3.8) is 0 Å². The summed E-state index contributed by atoms with van der Waals surface area (Å²) in [5.41, 5.74) is 0.418. The van der Waals surface area contributed by atoms with Gasteiger partial charge in [-0.15, -0.1) is 0 Å². The SMILES string of the molecule is CC(C)N(C(=O)c1nn(-c2ccc(F)cc2)ccc1=O)c1cccnc1. The van der Waals surface area contributed by atoms with Crippen LogP contribution in [-0.2, 0) is 0 Å². The highest BCUT2D eigenvalue weighted by Crippen LogP contribution is 2.17. The molecular weight excluding hydrogens is 335 g/mol. The van der Waals surface area contributed by atoms with E-state index in [1.165, 1.54) is 46.1 Å². The van der Waals surface area contributed by atoms with E-state index < -0.39 is 11.3 Å². The third-order valence-electron chi connectivity index (χ3n) is 3.76. The number of halogens is 1. The van der Waals surface area contributed by atoms with E-state index in [9.17, 15) is 14.0 Å². The summed E-state index contributed by atoms with van der Waals surface area (Å²) in [7, 11) is 0. The minimum Gasteiger partial charge on any atom is -0.303 e. The molecule has 0 N–H and O–H groups in total. The number of hydrogen-bond donors (Lipinski definition) is 0. The fourth-order valence-electron chi connectivity index (χ4n) is 2.55. The number of rotatable bonds is 4. The highest BCUT2D eigenvalue weighted by molar-refractivity contribution is 6.04. The van der Waals surface area contributed by atoms with Crippen LogP contribution in [0, 0.1) is 5.82 Å². The zero-order valence-electron chi connectivity index (χ0n) is 14.3. The Kier molecular flexibility index (Phi) is 4.88. The molecule has 1 aromatic carbocycles. The van der Waals surface area contributed by atoms with Gasteiger partial charge in [-0.3, -0.25) is 14.6 Å². The number of pyridine rings is 1. The number of amides is 1. The molecule has 132 valence electrons. The number of carbonyl (C=O) groups excluding carboxylic acids is 1. The van der Waals surface area contributed by atoms with Gasteiger partial charge in [0.15, 0.2) is 5.69 Å². The van der Waals surface area contributed by atoms with E-state index in [0.29, 0.717) is 11.4 Å². The minimum absolute atomic E-state index is 0.202. The van der Waals surface area contributed by atoms with Crippen LogP contribution in [0.4, 0.5) is 10.1 Å². The third-order valence-corrected chi connectivity index (χ3v) is 3.76. The molecule has 0 fully saturated rings. The van der Waals surface area contributed by atoms with Crippen LogP contribution in [0.2, 0.25) is 0 Å². The predicted molar refractivity (Wildman–Crippen MR) is 96.0 cm³/mol. The van der Waals surface area contributed by atoms with Crippen molar-refractivity contribution in [3.05, 3.63) is 82.8 Å². The van der Waals surface area contributed by atoms with Crippen LogP contribution >= 0.6 is 0 Å². The molecule has 2 heterocycles. The van der Waals surface area contributed by atoms with Crippen LogP contribution in [0.5, 0.6) is 0 Å². The smallest absolute Gasteiger partial charge is 0.283 e. The zero-order chi connectivity index (χ0) is 18.7. The Bertz CT molecular complexity index is 969. The van der Waals surface area contributed by atoms with Crippen molar-refractivity contribution >= 4 is 11.6 Å². The summed E-state index contributed by atoms with van der Waals surface area (Å²) in [5.74, 6) is -0.900. The summed E-state index contributed by atoms with van der Waals surface area (Å²) in [4.78, 5) is 30.8. The van der Waals surface area contributed by atoms with E-state index in [-0.39, 0.29) is 17.6 Å². The first-order valence-corrected chi connectivity index (χ1v) is 8.07. The van der Waals surface area contributed by atoms with E-state index in [2.05, 4.69) is 10.1 Å². The molecular formula is C19H17FN4O2. The molecule has 0 aliphatic heterocycles. The van der Waals surface area contributed by atoms with Gasteiger partial charge in [-0.25, -0.2) is 9.07 Å². The molecule has 3 rings (SSSR count). The number of anilines is 1. The quantitative estimate of drug-likeness (QED) is 0.724. The predicted octanol–water partition coefficient (Wildman–Crippen LogP) is 2.82. The molecule has 3 aromatic rings. The molecule has 26 heavy (non-hydrogen) atoms. The highest BCUT2D eigenvalue weighted by Gasteiger charge is 2.24. The number of aromatic nitrogens is 3. The first kappa shape index (κ1) is 17.5. The molecule has 0 spiro atoms. The number of nitrogens with zero attached hydrogens (tertiary/aromatic N) is 4. The maximum Gasteiger partial charge on any atom is 0.283 e. The number of hydrogen-bond acceptors (Lipinski definition) is 4. The van der Waals surface area contributed by atoms with E-state index >= 15 is 0 Å². The summed E-state index contributed by atoms with van der Waals surface area (Å²) in [6.07, 6.45) is 4.60. The molecule has 0 aliphatic rings. The van der Waals surface area contributed by atoms with E-state index in [0.717, 1.165) is 0 Å². The van der Waals surface area contributed by atoms with Crippen LogP contribution in [0.3, 0.4) is 0 Å².